The molecular weight excluding hydrogens is 348 g/mol. The molecule has 1 amide bonds. The largest absolute Gasteiger partial charge is 0.452 e. The number of carbonyl (C=O) groups excluding carboxylic acids is 2. The topological polar surface area (TPSA) is 98.5 Å². The monoisotopic (exact) mass is 362 g/mol. The highest BCUT2D eigenvalue weighted by atomic mass is 35.5. The molecule has 0 atom stereocenters. The maximum atomic E-state index is 12.1. The second kappa shape index (κ2) is 7.76. The lowest BCUT2D eigenvalue weighted by atomic mass is 10.1. The van der Waals surface area contributed by atoms with Crippen molar-refractivity contribution in [2.75, 3.05) is 11.9 Å². The molecule has 0 radical (unpaired) electrons. The summed E-state index contributed by atoms with van der Waals surface area (Å²) in [7, 11) is 0. The minimum atomic E-state index is -0.654. The smallest absolute Gasteiger partial charge is 0.338 e. The number of nitro benzene ring substituents is 1. The van der Waals surface area contributed by atoms with E-state index in [4.69, 9.17) is 16.3 Å². The fourth-order valence-electron chi connectivity index (χ4n) is 2.09. The maximum Gasteiger partial charge on any atom is 0.338 e. The van der Waals surface area contributed by atoms with Crippen molar-refractivity contribution in [3.63, 3.8) is 0 Å². The molecule has 8 heteroatoms. The molecule has 0 spiro atoms. The molecule has 0 saturated heterocycles. The number of carbonyl (C=O) groups is 2. The summed E-state index contributed by atoms with van der Waals surface area (Å²) in [6, 6.07) is 9.19. The van der Waals surface area contributed by atoms with Gasteiger partial charge in [0.05, 0.1) is 10.5 Å². The number of anilines is 1. The second-order valence-corrected chi connectivity index (χ2v) is 5.77. The Hall–Kier alpha value is -2.93. The summed E-state index contributed by atoms with van der Waals surface area (Å²) in [4.78, 5) is 34.1. The molecule has 130 valence electrons. The first-order valence-electron chi connectivity index (χ1n) is 7.26. The first kappa shape index (κ1) is 18.4. The molecule has 0 aliphatic rings. The first-order valence-corrected chi connectivity index (χ1v) is 7.64. The van der Waals surface area contributed by atoms with Gasteiger partial charge >= 0.3 is 5.97 Å². The van der Waals surface area contributed by atoms with Gasteiger partial charge in [0, 0.05) is 11.8 Å². The van der Waals surface area contributed by atoms with Crippen LogP contribution in [0.4, 0.5) is 11.4 Å². The Labute approximate surface area is 148 Å². The Morgan fingerprint density at radius 1 is 1.20 bits per heavy atom. The molecule has 0 bridgehead atoms. The Morgan fingerprint density at radius 3 is 2.60 bits per heavy atom. The van der Waals surface area contributed by atoms with Crippen LogP contribution in [0.2, 0.25) is 5.02 Å². The van der Waals surface area contributed by atoms with Crippen LogP contribution >= 0.6 is 11.6 Å². The van der Waals surface area contributed by atoms with Gasteiger partial charge in [0.15, 0.2) is 6.61 Å². The zero-order valence-electron chi connectivity index (χ0n) is 13.5. The number of ether oxygens (including phenoxy) is 1. The van der Waals surface area contributed by atoms with E-state index in [-0.39, 0.29) is 16.4 Å². The lowest BCUT2D eigenvalue weighted by Crippen LogP contribution is -2.21. The van der Waals surface area contributed by atoms with Crippen LogP contribution in [-0.2, 0) is 9.53 Å². The van der Waals surface area contributed by atoms with Crippen molar-refractivity contribution in [3.8, 4) is 0 Å². The number of nitrogens with one attached hydrogen (secondary N) is 1. The number of hydrogen-bond acceptors (Lipinski definition) is 5. The highest BCUT2D eigenvalue weighted by Crippen LogP contribution is 2.27. The first-order chi connectivity index (χ1) is 11.8. The summed E-state index contributed by atoms with van der Waals surface area (Å²) in [6.07, 6.45) is 0. The van der Waals surface area contributed by atoms with Gasteiger partial charge in [-0.05, 0) is 37.6 Å². The number of benzene rings is 2. The lowest BCUT2D eigenvalue weighted by Gasteiger charge is -2.09. The molecule has 0 heterocycles. The highest BCUT2D eigenvalue weighted by Gasteiger charge is 2.16. The van der Waals surface area contributed by atoms with E-state index in [9.17, 15) is 19.7 Å². The molecule has 0 aliphatic carbocycles. The molecule has 2 aromatic carbocycles. The van der Waals surface area contributed by atoms with Crippen LogP contribution < -0.4 is 5.32 Å². The molecule has 0 saturated carbocycles. The summed E-state index contributed by atoms with van der Waals surface area (Å²) in [5.74, 6) is -1.23. The second-order valence-electron chi connectivity index (χ2n) is 5.37. The SMILES string of the molecule is Cc1ccc(C)c(C(=O)OCC(=O)Nc2ccc(Cl)c([N+](=O)[O-])c2)c1. The number of esters is 1. The van der Waals surface area contributed by atoms with Crippen LogP contribution in [-0.4, -0.2) is 23.4 Å². The Balaban J connectivity index is 1.99. The number of nitrogens with zero attached hydrogens (tertiary/aromatic N) is 1. The third kappa shape index (κ3) is 4.77. The van der Waals surface area contributed by atoms with Crippen LogP contribution in [0.15, 0.2) is 36.4 Å². The predicted molar refractivity (Wildman–Crippen MR) is 92.9 cm³/mol. The average molecular weight is 363 g/mol. The Kier molecular flexibility index (Phi) is 5.71. The van der Waals surface area contributed by atoms with Crippen LogP contribution in [0.3, 0.4) is 0 Å². The fourth-order valence-corrected chi connectivity index (χ4v) is 2.28. The lowest BCUT2D eigenvalue weighted by molar-refractivity contribution is -0.384. The zero-order chi connectivity index (χ0) is 18.6. The van der Waals surface area contributed by atoms with Crippen molar-refractivity contribution < 1.29 is 19.2 Å². The quantitative estimate of drug-likeness (QED) is 0.497. The van der Waals surface area contributed by atoms with Gasteiger partial charge in [-0.3, -0.25) is 14.9 Å². The molecule has 7 nitrogen and oxygen atoms in total. The molecule has 0 unspecified atom stereocenters. The summed E-state index contributed by atoms with van der Waals surface area (Å²) in [5, 5.41) is 13.2. The van der Waals surface area contributed by atoms with E-state index < -0.39 is 23.4 Å². The van der Waals surface area contributed by atoms with Crippen molar-refractivity contribution >= 4 is 34.9 Å². The van der Waals surface area contributed by atoms with Gasteiger partial charge in [-0.1, -0.05) is 29.3 Å². The summed E-state index contributed by atoms with van der Waals surface area (Å²) in [6.45, 7) is 3.10. The summed E-state index contributed by atoms with van der Waals surface area (Å²) in [5.41, 5.74) is 1.88. The van der Waals surface area contributed by atoms with Crippen LogP contribution in [0, 0.1) is 24.0 Å². The number of rotatable bonds is 5. The Morgan fingerprint density at radius 2 is 1.92 bits per heavy atom. The normalized spacial score (nSPS) is 10.2. The van der Waals surface area contributed by atoms with Crippen molar-refractivity contribution in [3.05, 3.63) is 68.2 Å². The van der Waals surface area contributed by atoms with Gasteiger partial charge in [0.1, 0.15) is 5.02 Å². The molecule has 1 N–H and O–H groups in total. The molecule has 0 fully saturated rings. The van der Waals surface area contributed by atoms with E-state index >= 15 is 0 Å². The third-order valence-corrected chi connectivity index (χ3v) is 3.69. The summed E-state index contributed by atoms with van der Waals surface area (Å²) >= 11 is 5.70. The molecular formula is C17H15ClN2O5. The molecule has 2 rings (SSSR count). The van der Waals surface area contributed by atoms with Gasteiger partial charge in [-0.15, -0.1) is 0 Å². The van der Waals surface area contributed by atoms with E-state index in [0.717, 1.165) is 17.2 Å². The van der Waals surface area contributed by atoms with Gasteiger partial charge in [-0.2, -0.15) is 0 Å². The van der Waals surface area contributed by atoms with Crippen LogP contribution in [0.5, 0.6) is 0 Å². The number of halogens is 1. The van der Waals surface area contributed by atoms with Gasteiger partial charge < -0.3 is 10.1 Å². The van der Waals surface area contributed by atoms with Crippen molar-refractivity contribution in [1.82, 2.24) is 0 Å². The minimum absolute atomic E-state index is 0.0376. The Bertz CT molecular complexity index is 851. The van der Waals surface area contributed by atoms with E-state index in [2.05, 4.69) is 5.32 Å². The van der Waals surface area contributed by atoms with Gasteiger partial charge in [0.25, 0.3) is 11.6 Å². The number of amides is 1. The average Bonchev–Trinajstić information content (AvgIpc) is 2.56. The van der Waals surface area contributed by atoms with Crippen LogP contribution in [0.1, 0.15) is 21.5 Å². The van der Waals surface area contributed by atoms with E-state index in [1.165, 1.54) is 12.1 Å². The van der Waals surface area contributed by atoms with Gasteiger partial charge in [-0.25, -0.2) is 4.79 Å². The fraction of sp³-hybridized carbons (Fsp3) is 0.176. The van der Waals surface area contributed by atoms with Crippen molar-refractivity contribution in [2.24, 2.45) is 0 Å². The summed E-state index contributed by atoms with van der Waals surface area (Å²) < 4.78 is 4.99. The number of nitro groups is 1. The third-order valence-electron chi connectivity index (χ3n) is 3.37. The predicted octanol–water partition coefficient (Wildman–Crippen LogP) is 3.66. The van der Waals surface area contributed by atoms with E-state index in [1.807, 2.05) is 13.0 Å². The minimum Gasteiger partial charge on any atom is -0.452 e. The molecule has 25 heavy (non-hydrogen) atoms. The molecule has 0 aromatic heterocycles. The zero-order valence-corrected chi connectivity index (χ0v) is 14.3. The maximum absolute atomic E-state index is 12.1. The van der Waals surface area contributed by atoms with E-state index in [0.29, 0.717) is 5.56 Å². The van der Waals surface area contributed by atoms with E-state index in [1.54, 1.807) is 19.1 Å². The number of hydrogen-bond donors (Lipinski definition) is 1. The molecule has 0 aliphatic heterocycles. The number of aryl methyl sites for hydroxylation is 2. The highest BCUT2D eigenvalue weighted by molar-refractivity contribution is 6.32. The van der Waals surface area contributed by atoms with Crippen LogP contribution in [0.25, 0.3) is 0 Å². The van der Waals surface area contributed by atoms with Crippen molar-refractivity contribution in [2.45, 2.75) is 13.8 Å². The van der Waals surface area contributed by atoms with Crippen molar-refractivity contribution in [1.29, 1.82) is 0 Å². The van der Waals surface area contributed by atoms with Gasteiger partial charge in [0.2, 0.25) is 0 Å². The standard InChI is InChI=1S/C17H15ClN2O5/c1-10-3-4-11(2)13(7-10)17(22)25-9-16(21)19-12-5-6-14(18)15(8-12)20(23)24/h3-8H,9H2,1-2H3,(H,19,21). The molecule has 2 aromatic rings.